The Balaban J connectivity index is 3.17. The molecule has 0 heterocycles. The highest BCUT2D eigenvalue weighted by Gasteiger charge is 2.00. The lowest BCUT2D eigenvalue weighted by atomic mass is 10.0. The van der Waals surface area contributed by atoms with Gasteiger partial charge in [0.1, 0.15) is 0 Å². The Morgan fingerprint density at radius 1 is 0.850 bits per heavy atom. The van der Waals surface area contributed by atoms with E-state index >= 15 is 0 Å². The molecule has 2 N–H and O–H groups in total. The smallest absolute Gasteiger partial charge is 0.233 e. The Morgan fingerprint density at radius 2 is 1.45 bits per heavy atom. The van der Waals surface area contributed by atoms with Crippen LogP contribution >= 0.6 is 0 Å². The van der Waals surface area contributed by atoms with E-state index in [1.54, 1.807) is 0 Å². The molecule has 0 aromatic rings. The summed E-state index contributed by atoms with van der Waals surface area (Å²) in [6.45, 7) is 11.1. The molecule has 3 heteroatoms. The average molecular weight is 284 g/mol. The zero-order valence-electron chi connectivity index (χ0n) is 14.1. The minimum atomic E-state index is 0.127. The van der Waals surface area contributed by atoms with Crippen molar-refractivity contribution in [2.75, 3.05) is 19.6 Å². The number of amides is 1. The van der Waals surface area contributed by atoms with Gasteiger partial charge in [0.2, 0.25) is 5.91 Å². The van der Waals surface area contributed by atoms with Crippen LogP contribution in [0.3, 0.4) is 0 Å². The van der Waals surface area contributed by atoms with Crippen molar-refractivity contribution in [3.05, 3.63) is 0 Å². The summed E-state index contributed by atoms with van der Waals surface area (Å²) >= 11 is 0. The molecule has 0 aliphatic rings. The van der Waals surface area contributed by atoms with Crippen molar-refractivity contribution in [2.24, 2.45) is 11.8 Å². The molecule has 0 unspecified atom stereocenters. The number of carbonyl (C=O) groups excluding carboxylic acids is 1. The SMILES string of the molecule is CC(C)CCCCCCCCNC(=O)CNCC(C)C. The van der Waals surface area contributed by atoms with Gasteiger partial charge in [-0.2, -0.15) is 0 Å². The van der Waals surface area contributed by atoms with Crippen LogP contribution in [0.1, 0.15) is 72.6 Å². The van der Waals surface area contributed by atoms with E-state index in [1.807, 2.05) is 0 Å². The fourth-order valence-electron chi connectivity index (χ4n) is 2.15. The molecule has 0 aromatic heterocycles. The molecule has 0 radical (unpaired) electrons. The van der Waals surface area contributed by atoms with E-state index in [9.17, 15) is 4.79 Å². The fourth-order valence-corrected chi connectivity index (χ4v) is 2.15. The van der Waals surface area contributed by atoms with Crippen LogP contribution in [0, 0.1) is 11.8 Å². The van der Waals surface area contributed by atoms with E-state index in [1.165, 1.54) is 38.5 Å². The van der Waals surface area contributed by atoms with Crippen LogP contribution in [0.15, 0.2) is 0 Å². The summed E-state index contributed by atoms with van der Waals surface area (Å²) in [5, 5.41) is 6.13. The maximum atomic E-state index is 11.5. The number of rotatable bonds is 13. The van der Waals surface area contributed by atoms with Crippen molar-refractivity contribution in [3.63, 3.8) is 0 Å². The summed E-state index contributed by atoms with van der Waals surface area (Å²) in [5.74, 6) is 1.57. The van der Waals surface area contributed by atoms with Crippen molar-refractivity contribution in [1.29, 1.82) is 0 Å². The first-order valence-corrected chi connectivity index (χ1v) is 8.49. The van der Waals surface area contributed by atoms with E-state index in [4.69, 9.17) is 0 Å². The second-order valence-electron chi connectivity index (χ2n) is 6.68. The summed E-state index contributed by atoms with van der Waals surface area (Å²) in [5.41, 5.74) is 0. The van der Waals surface area contributed by atoms with Crippen LogP contribution in [-0.4, -0.2) is 25.5 Å². The maximum absolute atomic E-state index is 11.5. The maximum Gasteiger partial charge on any atom is 0.233 e. The molecule has 0 saturated heterocycles. The summed E-state index contributed by atoms with van der Waals surface area (Å²) in [6.07, 6.45) is 9.09. The van der Waals surface area contributed by atoms with Crippen LogP contribution in [-0.2, 0) is 4.79 Å². The van der Waals surface area contributed by atoms with Gasteiger partial charge in [-0.25, -0.2) is 0 Å². The number of carbonyl (C=O) groups is 1. The van der Waals surface area contributed by atoms with E-state index in [-0.39, 0.29) is 5.91 Å². The quantitative estimate of drug-likeness (QED) is 0.506. The zero-order valence-corrected chi connectivity index (χ0v) is 14.1. The second kappa shape index (κ2) is 13.4. The van der Waals surface area contributed by atoms with Crippen molar-refractivity contribution < 1.29 is 4.79 Å². The van der Waals surface area contributed by atoms with Gasteiger partial charge in [-0.05, 0) is 24.8 Å². The van der Waals surface area contributed by atoms with E-state index in [2.05, 4.69) is 38.3 Å². The first kappa shape index (κ1) is 19.4. The Morgan fingerprint density at radius 3 is 2.05 bits per heavy atom. The first-order chi connectivity index (χ1) is 9.52. The van der Waals surface area contributed by atoms with Crippen molar-refractivity contribution in [2.45, 2.75) is 72.6 Å². The topological polar surface area (TPSA) is 41.1 Å². The molecule has 120 valence electrons. The highest BCUT2D eigenvalue weighted by atomic mass is 16.1. The summed E-state index contributed by atoms with van der Waals surface area (Å²) in [6, 6.07) is 0. The lowest BCUT2D eigenvalue weighted by Crippen LogP contribution is -2.35. The summed E-state index contributed by atoms with van der Waals surface area (Å²) < 4.78 is 0. The van der Waals surface area contributed by atoms with Gasteiger partial charge in [0, 0.05) is 6.54 Å². The lowest BCUT2D eigenvalue weighted by Gasteiger charge is -2.08. The van der Waals surface area contributed by atoms with E-state index in [0.29, 0.717) is 12.5 Å². The molecule has 3 nitrogen and oxygen atoms in total. The molecule has 20 heavy (non-hydrogen) atoms. The van der Waals surface area contributed by atoms with E-state index in [0.717, 1.165) is 25.4 Å². The van der Waals surface area contributed by atoms with Gasteiger partial charge < -0.3 is 10.6 Å². The average Bonchev–Trinajstić information content (AvgIpc) is 2.36. The third kappa shape index (κ3) is 15.5. The van der Waals surface area contributed by atoms with Crippen molar-refractivity contribution >= 4 is 5.91 Å². The van der Waals surface area contributed by atoms with Crippen LogP contribution in [0.25, 0.3) is 0 Å². The molecule has 0 bridgehead atoms. The van der Waals surface area contributed by atoms with Gasteiger partial charge in [-0.1, -0.05) is 66.2 Å². The Hall–Kier alpha value is -0.570. The Kier molecular flexibility index (Phi) is 13.0. The molecular weight excluding hydrogens is 248 g/mol. The molecule has 0 aliphatic carbocycles. The third-order valence-electron chi connectivity index (χ3n) is 3.37. The number of unbranched alkanes of at least 4 members (excludes halogenated alkanes) is 5. The third-order valence-corrected chi connectivity index (χ3v) is 3.37. The molecule has 0 saturated carbocycles. The molecule has 0 fully saturated rings. The largest absolute Gasteiger partial charge is 0.355 e. The van der Waals surface area contributed by atoms with Gasteiger partial charge in [0.15, 0.2) is 0 Å². The molecule has 0 spiro atoms. The number of hydrogen-bond donors (Lipinski definition) is 2. The molecule has 0 rings (SSSR count). The van der Waals surface area contributed by atoms with Gasteiger partial charge in [0.05, 0.1) is 6.54 Å². The summed E-state index contributed by atoms with van der Waals surface area (Å²) in [4.78, 5) is 11.5. The highest BCUT2D eigenvalue weighted by molar-refractivity contribution is 5.77. The fraction of sp³-hybridized carbons (Fsp3) is 0.941. The first-order valence-electron chi connectivity index (χ1n) is 8.49. The predicted molar refractivity (Wildman–Crippen MR) is 87.9 cm³/mol. The summed E-state index contributed by atoms with van der Waals surface area (Å²) in [7, 11) is 0. The molecule has 0 atom stereocenters. The van der Waals surface area contributed by atoms with Gasteiger partial charge in [-0.15, -0.1) is 0 Å². The molecule has 0 aromatic carbocycles. The van der Waals surface area contributed by atoms with Crippen molar-refractivity contribution in [1.82, 2.24) is 10.6 Å². The minimum absolute atomic E-state index is 0.127. The minimum Gasteiger partial charge on any atom is -0.355 e. The van der Waals surface area contributed by atoms with E-state index < -0.39 is 0 Å². The van der Waals surface area contributed by atoms with Crippen LogP contribution < -0.4 is 10.6 Å². The Bertz CT molecular complexity index is 227. The van der Waals surface area contributed by atoms with Crippen LogP contribution in [0.5, 0.6) is 0 Å². The van der Waals surface area contributed by atoms with Gasteiger partial charge in [-0.3, -0.25) is 4.79 Å². The number of hydrogen-bond acceptors (Lipinski definition) is 2. The van der Waals surface area contributed by atoms with Crippen LogP contribution in [0.2, 0.25) is 0 Å². The van der Waals surface area contributed by atoms with Crippen LogP contribution in [0.4, 0.5) is 0 Å². The molecular formula is C17H36N2O. The molecule has 0 aliphatic heterocycles. The Labute approximate surface area is 126 Å². The van der Waals surface area contributed by atoms with Gasteiger partial charge >= 0.3 is 0 Å². The monoisotopic (exact) mass is 284 g/mol. The predicted octanol–water partition coefficient (Wildman–Crippen LogP) is 3.73. The second-order valence-corrected chi connectivity index (χ2v) is 6.68. The highest BCUT2D eigenvalue weighted by Crippen LogP contribution is 2.10. The normalized spacial score (nSPS) is 11.3. The number of nitrogens with one attached hydrogen (secondary N) is 2. The van der Waals surface area contributed by atoms with Gasteiger partial charge in [0.25, 0.3) is 0 Å². The van der Waals surface area contributed by atoms with Crippen molar-refractivity contribution in [3.8, 4) is 0 Å². The molecule has 1 amide bonds. The zero-order chi connectivity index (χ0) is 15.2. The lowest BCUT2D eigenvalue weighted by molar-refractivity contribution is -0.120. The standard InChI is InChI=1S/C17H36N2O/c1-15(2)11-9-7-5-6-8-10-12-19-17(20)14-18-13-16(3)4/h15-16,18H,5-14H2,1-4H3,(H,19,20).